The van der Waals surface area contributed by atoms with Crippen molar-refractivity contribution in [2.24, 2.45) is 17.3 Å². The molecule has 37 heavy (non-hydrogen) atoms. The van der Waals surface area contributed by atoms with E-state index in [0.29, 0.717) is 5.56 Å². The van der Waals surface area contributed by atoms with E-state index in [1.54, 1.807) is 0 Å². The Morgan fingerprint density at radius 1 is 0.892 bits per heavy atom. The zero-order valence-electron chi connectivity index (χ0n) is 18.6. The first-order chi connectivity index (χ1) is 17.3. The molecule has 0 atom stereocenters. The Morgan fingerprint density at radius 2 is 1.49 bits per heavy atom. The predicted molar refractivity (Wildman–Crippen MR) is 125 cm³/mol. The molecule has 3 aromatic carbocycles. The van der Waals surface area contributed by atoms with Crippen molar-refractivity contribution in [2.45, 2.75) is 9.79 Å². The molecule has 0 aliphatic heterocycles. The minimum atomic E-state index is -4.77. The van der Waals surface area contributed by atoms with Crippen molar-refractivity contribution < 1.29 is 35.7 Å². The van der Waals surface area contributed by atoms with Gasteiger partial charge in [-0.2, -0.15) is 27.1 Å². The molecule has 1 aromatic heterocycles. The number of non-ortho nitro benzene ring substituents is 1. The third-order valence-electron chi connectivity index (χ3n) is 4.89. The van der Waals surface area contributed by atoms with Gasteiger partial charge >= 0.3 is 5.82 Å². The van der Waals surface area contributed by atoms with Crippen LogP contribution in [0.25, 0.3) is 17.1 Å². The summed E-state index contributed by atoms with van der Waals surface area (Å²) >= 11 is 0. The van der Waals surface area contributed by atoms with Crippen LogP contribution in [0.1, 0.15) is 0 Å². The van der Waals surface area contributed by atoms with Crippen LogP contribution in [0.4, 0.5) is 17.1 Å². The van der Waals surface area contributed by atoms with Crippen LogP contribution in [0.3, 0.4) is 0 Å². The SMILES string of the molecule is C[n+]1nc(-c2ccc([N+](=O)[O-])cc2)nn1-c1ccc(N=Nc2ccc(S(=O)(=O)O)cc2)cc1S(=O)(=O)O. The Labute approximate surface area is 209 Å². The molecule has 15 nitrogen and oxygen atoms in total. The van der Waals surface area contributed by atoms with Crippen molar-refractivity contribution in [2.75, 3.05) is 0 Å². The highest BCUT2D eigenvalue weighted by molar-refractivity contribution is 7.86. The van der Waals surface area contributed by atoms with Gasteiger partial charge in [0.15, 0.2) is 5.69 Å². The minimum absolute atomic E-state index is 0.0357. The molecule has 0 saturated carbocycles. The van der Waals surface area contributed by atoms with Crippen LogP contribution < -0.4 is 4.80 Å². The van der Waals surface area contributed by atoms with E-state index in [9.17, 15) is 31.5 Å². The maximum Gasteiger partial charge on any atom is 0.339 e. The summed E-state index contributed by atoms with van der Waals surface area (Å²) in [6.45, 7) is 0. The zero-order chi connectivity index (χ0) is 27.0. The van der Waals surface area contributed by atoms with Gasteiger partial charge in [-0.15, -0.1) is 0 Å². The van der Waals surface area contributed by atoms with Gasteiger partial charge in [0.05, 0.1) is 31.9 Å². The van der Waals surface area contributed by atoms with Crippen LogP contribution in [-0.2, 0) is 27.3 Å². The molecule has 1 heterocycles. The number of aromatic nitrogens is 4. The summed E-state index contributed by atoms with van der Waals surface area (Å²) < 4.78 is 65.4. The van der Waals surface area contributed by atoms with Crippen LogP contribution in [0, 0.1) is 10.1 Å². The molecule has 190 valence electrons. The Kier molecular flexibility index (Phi) is 6.61. The van der Waals surface area contributed by atoms with E-state index in [1.165, 1.54) is 60.4 Å². The summed E-state index contributed by atoms with van der Waals surface area (Å²) in [5.41, 5.74) is 0.482. The van der Waals surface area contributed by atoms with Gasteiger partial charge in [0.25, 0.3) is 25.9 Å². The number of nitro benzene ring substituents is 1. The molecule has 0 unspecified atom stereocenters. The summed E-state index contributed by atoms with van der Waals surface area (Å²) in [6.07, 6.45) is 0. The van der Waals surface area contributed by atoms with Crippen LogP contribution >= 0.6 is 0 Å². The highest BCUT2D eigenvalue weighted by Crippen LogP contribution is 2.27. The Bertz CT molecular complexity index is 1750. The summed E-state index contributed by atoms with van der Waals surface area (Å²) in [5, 5.41) is 27.1. The number of hydrogen-bond acceptors (Lipinski definition) is 10. The Hall–Kier alpha value is -4.45. The Morgan fingerprint density at radius 3 is 2.05 bits per heavy atom. The number of azo groups is 1. The lowest BCUT2D eigenvalue weighted by atomic mass is 10.2. The summed E-state index contributed by atoms with van der Waals surface area (Å²) in [7, 11) is -7.67. The van der Waals surface area contributed by atoms with Gasteiger partial charge in [-0.3, -0.25) is 19.2 Å². The molecular weight excluding hydrogens is 530 g/mol. The molecule has 0 aliphatic rings. The molecule has 0 bridgehead atoms. The van der Waals surface area contributed by atoms with Crippen LogP contribution in [0.15, 0.2) is 86.7 Å². The van der Waals surface area contributed by atoms with E-state index in [4.69, 9.17) is 4.55 Å². The number of nitrogens with zero attached hydrogens (tertiary/aromatic N) is 7. The van der Waals surface area contributed by atoms with Gasteiger partial charge in [0.1, 0.15) is 11.9 Å². The third kappa shape index (κ3) is 5.70. The third-order valence-corrected chi connectivity index (χ3v) is 6.64. The average Bonchev–Trinajstić information content (AvgIpc) is 3.23. The maximum absolute atomic E-state index is 12.1. The van der Waals surface area contributed by atoms with Crippen molar-refractivity contribution in [1.29, 1.82) is 0 Å². The van der Waals surface area contributed by atoms with Crippen molar-refractivity contribution in [1.82, 2.24) is 15.0 Å². The lowest BCUT2D eigenvalue weighted by Crippen LogP contribution is -2.41. The number of nitro groups is 1. The number of benzene rings is 3. The first-order valence-corrected chi connectivity index (χ1v) is 12.9. The van der Waals surface area contributed by atoms with E-state index in [-0.39, 0.29) is 33.5 Å². The fraction of sp³-hybridized carbons (Fsp3) is 0.0500. The van der Waals surface area contributed by atoms with Crippen molar-refractivity contribution >= 4 is 37.3 Å². The molecule has 2 N–H and O–H groups in total. The normalized spacial score (nSPS) is 12.2. The molecule has 0 radical (unpaired) electrons. The number of rotatable bonds is 7. The monoisotopic (exact) mass is 546 g/mol. The molecule has 0 aliphatic carbocycles. The second kappa shape index (κ2) is 9.54. The number of aryl methyl sites for hydroxylation is 1. The molecule has 0 saturated heterocycles. The van der Waals surface area contributed by atoms with Gasteiger partial charge in [0, 0.05) is 16.9 Å². The summed E-state index contributed by atoms with van der Waals surface area (Å²) in [5.74, 6) is 0.135. The van der Waals surface area contributed by atoms with Crippen LogP contribution in [0.5, 0.6) is 0 Å². The van der Waals surface area contributed by atoms with Crippen LogP contribution in [-0.4, -0.2) is 45.9 Å². The first-order valence-electron chi connectivity index (χ1n) is 10.0. The summed E-state index contributed by atoms with van der Waals surface area (Å²) in [4.78, 5) is 11.7. The van der Waals surface area contributed by atoms with Crippen molar-refractivity contribution in [3.8, 4) is 17.1 Å². The first kappa shape index (κ1) is 25.6. The summed E-state index contributed by atoms with van der Waals surface area (Å²) in [6, 6.07) is 14.0. The van der Waals surface area contributed by atoms with Crippen LogP contribution in [0.2, 0.25) is 0 Å². The molecule has 4 rings (SSSR count). The van der Waals surface area contributed by atoms with Crippen molar-refractivity contribution in [3.63, 3.8) is 0 Å². The predicted octanol–water partition coefficient (Wildman–Crippen LogP) is 2.58. The highest BCUT2D eigenvalue weighted by Gasteiger charge is 2.26. The zero-order valence-corrected chi connectivity index (χ0v) is 20.3. The standard InChI is InChI=1S/C20H15N7O8S2/c1-25-23-20(13-2-7-16(8-3-13)27(28)29)24-26(25)18-11-6-15(12-19(18)37(33,34)35)22-21-14-4-9-17(10-5-14)36(30,31)32/h2-12H,1H3,(H-,30,31,32,33,34,35)/p+1. The molecular formula is C20H16N7O8S2+. The average molecular weight is 547 g/mol. The van der Waals surface area contributed by atoms with E-state index in [2.05, 4.69) is 20.4 Å². The van der Waals surface area contributed by atoms with E-state index in [0.717, 1.165) is 23.0 Å². The maximum atomic E-state index is 12.1. The highest BCUT2D eigenvalue weighted by atomic mass is 32.2. The fourth-order valence-electron chi connectivity index (χ4n) is 3.15. The number of hydrogen-bond donors (Lipinski definition) is 2. The molecule has 4 aromatic rings. The second-order valence-electron chi connectivity index (χ2n) is 7.40. The molecule has 0 amide bonds. The van der Waals surface area contributed by atoms with Gasteiger partial charge in [0.2, 0.25) is 0 Å². The lowest BCUT2D eigenvalue weighted by molar-refractivity contribution is -0.800. The quantitative estimate of drug-likeness (QED) is 0.114. The molecule has 0 spiro atoms. The topological polar surface area (TPSA) is 211 Å². The fourth-order valence-corrected chi connectivity index (χ4v) is 4.31. The van der Waals surface area contributed by atoms with E-state index >= 15 is 0 Å². The number of tetrazole rings is 1. The molecule has 0 fully saturated rings. The Balaban J connectivity index is 1.69. The minimum Gasteiger partial charge on any atom is -0.282 e. The second-order valence-corrected chi connectivity index (χ2v) is 10.2. The van der Waals surface area contributed by atoms with E-state index < -0.39 is 30.1 Å². The van der Waals surface area contributed by atoms with E-state index in [1.807, 2.05) is 0 Å². The van der Waals surface area contributed by atoms with Gasteiger partial charge < -0.3 is 0 Å². The smallest absolute Gasteiger partial charge is 0.282 e. The largest absolute Gasteiger partial charge is 0.339 e. The van der Waals surface area contributed by atoms with Gasteiger partial charge in [-0.25, -0.2) is 0 Å². The van der Waals surface area contributed by atoms with Gasteiger partial charge in [-0.1, -0.05) is 4.80 Å². The van der Waals surface area contributed by atoms with Gasteiger partial charge in [-0.05, 0) is 59.7 Å². The molecule has 17 heteroatoms. The lowest BCUT2D eigenvalue weighted by Gasteiger charge is -2.04. The van der Waals surface area contributed by atoms with Crippen molar-refractivity contribution in [3.05, 3.63) is 76.8 Å².